The molecule has 0 fully saturated rings. The first-order chi connectivity index (χ1) is 10.2. The molecule has 2 aromatic carbocycles. The van der Waals surface area contributed by atoms with Crippen molar-refractivity contribution in [1.29, 1.82) is 0 Å². The number of benzene rings is 2. The van der Waals surface area contributed by atoms with Crippen LogP contribution in [0.1, 0.15) is 28.3 Å². The summed E-state index contributed by atoms with van der Waals surface area (Å²) in [6, 6.07) is 12.9. The SMILES string of the molecule is COc1ccc(C2NCCc3ccc(OC)cc32)c(C)c1. The molecule has 1 unspecified atom stereocenters. The molecule has 1 aliphatic heterocycles. The minimum atomic E-state index is 0.217. The topological polar surface area (TPSA) is 30.5 Å². The predicted octanol–water partition coefficient (Wildman–Crippen LogP) is 3.25. The Morgan fingerprint density at radius 2 is 1.67 bits per heavy atom. The van der Waals surface area contributed by atoms with Crippen molar-refractivity contribution in [2.45, 2.75) is 19.4 Å². The van der Waals surface area contributed by atoms with Crippen LogP contribution in [0.15, 0.2) is 36.4 Å². The minimum Gasteiger partial charge on any atom is -0.497 e. The summed E-state index contributed by atoms with van der Waals surface area (Å²) in [6.07, 6.45) is 1.06. The van der Waals surface area contributed by atoms with E-state index < -0.39 is 0 Å². The van der Waals surface area contributed by atoms with E-state index in [0.717, 1.165) is 24.5 Å². The number of aryl methyl sites for hydroxylation is 1. The molecule has 1 N–H and O–H groups in total. The van der Waals surface area contributed by atoms with Crippen molar-refractivity contribution >= 4 is 0 Å². The Labute approximate surface area is 125 Å². The predicted molar refractivity (Wildman–Crippen MR) is 84.3 cm³/mol. The summed E-state index contributed by atoms with van der Waals surface area (Å²) in [6.45, 7) is 3.13. The first kappa shape index (κ1) is 14.0. The Kier molecular flexibility index (Phi) is 3.84. The molecule has 1 atom stereocenters. The first-order valence-electron chi connectivity index (χ1n) is 7.27. The average molecular weight is 283 g/mol. The van der Waals surface area contributed by atoms with Gasteiger partial charge in [-0.1, -0.05) is 12.1 Å². The molecule has 1 heterocycles. The van der Waals surface area contributed by atoms with Crippen LogP contribution in [0.5, 0.6) is 11.5 Å². The quantitative estimate of drug-likeness (QED) is 0.938. The largest absolute Gasteiger partial charge is 0.497 e. The van der Waals surface area contributed by atoms with Crippen molar-refractivity contribution in [1.82, 2.24) is 5.32 Å². The first-order valence-corrected chi connectivity index (χ1v) is 7.27. The van der Waals surface area contributed by atoms with E-state index in [1.807, 2.05) is 12.1 Å². The van der Waals surface area contributed by atoms with Gasteiger partial charge in [0.15, 0.2) is 0 Å². The molecule has 3 nitrogen and oxygen atoms in total. The second-order valence-electron chi connectivity index (χ2n) is 5.42. The van der Waals surface area contributed by atoms with Gasteiger partial charge in [-0.15, -0.1) is 0 Å². The smallest absolute Gasteiger partial charge is 0.119 e. The van der Waals surface area contributed by atoms with Crippen molar-refractivity contribution in [3.8, 4) is 11.5 Å². The number of nitrogens with one attached hydrogen (secondary N) is 1. The highest BCUT2D eigenvalue weighted by Crippen LogP contribution is 2.33. The molecule has 3 heteroatoms. The fourth-order valence-electron chi connectivity index (χ4n) is 3.03. The maximum atomic E-state index is 5.38. The number of fused-ring (bicyclic) bond motifs is 1. The minimum absolute atomic E-state index is 0.217. The van der Waals surface area contributed by atoms with Crippen LogP contribution in [0.2, 0.25) is 0 Å². The van der Waals surface area contributed by atoms with Crippen LogP contribution < -0.4 is 14.8 Å². The highest BCUT2D eigenvalue weighted by molar-refractivity contribution is 5.47. The monoisotopic (exact) mass is 283 g/mol. The molecule has 1 aliphatic rings. The van der Waals surface area contributed by atoms with Gasteiger partial charge >= 0.3 is 0 Å². The Morgan fingerprint density at radius 3 is 2.38 bits per heavy atom. The molecule has 110 valence electrons. The van der Waals surface area contributed by atoms with Crippen molar-refractivity contribution in [2.75, 3.05) is 20.8 Å². The van der Waals surface area contributed by atoms with E-state index in [2.05, 4.69) is 36.5 Å². The third-order valence-electron chi connectivity index (χ3n) is 4.19. The van der Waals surface area contributed by atoms with Gasteiger partial charge in [0.05, 0.1) is 20.3 Å². The van der Waals surface area contributed by atoms with Crippen molar-refractivity contribution in [3.05, 3.63) is 58.7 Å². The average Bonchev–Trinajstić information content (AvgIpc) is 2.53. The summed E-state index contributed by atoms with van der Waals surface area (Å²) < 4.78 is 10.7. The number of hydrogen-bond donors (Lipinski definition) is 1. The van der Waals surface area contributed by atoms with E-state index in [9.17, 15) is 0 Å². The molecular weight excluding hydrogens is 262 g/mol. The van der Waals surface area contributed by atoms with E-state index >= 15 is 0 Å². The van der Waals surface area contributed by atoms with Crippen LogP contribution in [0.25, 0.3) is 0 Å². The Bertz CT molecular complexity index is 652. The highest BCUT2D eigenvalue weighted by atomic mass is 16.5. The molecule has 0 saturated carbocycles. The number of ether oxygens (including phenoxy) is 2. The van der Waals surface area contributed by atoms with Crippen LogP contribution in [0.3, 0.4) is 0 Å². The number of hydrogen-bond acceptors (Lipinski definition) is 3. The zero-order valence-corrected chi connectivity index (χ0v) is 12.8. The lowest BCUT2D eigenvalue weighted by molar-refractivity contribution is 0.412. The lowest BCUT2D eigenvalue weighted by atomic mass is 9.88. The fourth-order valence-corrected chi connectivity index (χ4v) is 3.03. The zero-order valence-electron chi connectivity index (χ0n) is 12.8. The van der Waals surface area contributed by atoms with Gasteiger partial charge in [-0.25, -0.2) is 0 Å². The van der Waals surface area contributed by atoms with Gasteiger partial charge in [-0.3, -0.25) is 0 Å². The maximum absolute atomic E-state index is 5.38. The number of rotatable bonds is 3. The summed E-state index contributed by atoms with van der Waals surface area (Å²) in [4.78, 5) is 0. The van der Waals surface area contributed by atoms with Crippen LogP contribution in [-0.2, 0) is 6.42 Å². The second-order valence-corrected chi connectivity index (χ2v) is 5.42. The standard InChI is InChI=1S/C18H21NO2/c1-12-10-14(20-2)6-7-16(12)18-17-11-15(21-3)5-4-13(17)8-9-19-18/h4-7,10-11,18-19H,8-9H2,1-3H3. The van der Waals surface area contributed by atoms with Crippen molar-refractivity contribution < 1.29 is 9.47 Å². The molecule has 0 spiro atoms. The molecule has 2 aromatic rings. The molecular formula is C18H21NO2. The Balaban J connectivity index is 2.05. The van der Waals surface area contributed by atoms with Gasteiger partial charge in [0, 0.05) is 6.54 Å². The zero-order chi connectivity index (χ0) is 14.8. The Morgan fingerprint density at radius 1 is 0.952 bits per heavy atom. The third kappa shape index (κ3) is 2.61. The van der Waals surface area contributed by atoms with Gasteiger partial charge in [-0.05, 0) is 59.9 Å². The van der Waals surface area contributed by atoms with E-state index in [4.69, 9.17) is 9.47 Å². The van der Waals surface area contributed by atoms with Crippen molar-refractivity contribution in [3.63, 3.8) is 0 Å². The molecule has 21 heavy (non-hydrogen) atoms. The normalized spacial score (nSPS) is 17.2. The number of methoxy groups -OCH3 is 2. The molecule has 0 aliphatic carbocycles. The van der Waals surface area contributed by atoms with Crippen LogP contribution in [0, 0.1) is 6.92 Å². The van der Waals surface area contributed by atoms with Gasteiger partial charge < -0.3 is 14.8 Å². The van der Waals surface area contributed by atoms with Crippen LogP contribution in [0.4, 0.5) is 0 Å². The van der Waals surface area contributed by atoms with Crippen LogP contribution >= 0.6 is 0 Å². The van der Waals surface area contributed by atoms with E-state index in [1.54, 1.807) is 14.2 Å². The third-order valence-corrected chi connectivity index (χ3v) is 4.19. The lowest BCUT2D eigenvalue weighted by Crippen LogP contribution is -2.31. The molecule has 0 bridgehead atoms. The molecule has 0 amide bonds. The van der Waals surface area contributed by atoms with Gasteiger partial charge in [0.25, 0.3) is 0 Å². The summed E-state index contributed by atoms with van der Waals surface area (Å²) in [7, 11) is 3.42. The summed E-state index contributed by atoms with van der Waals surface area (Å²) >= 11 is 0. The molecule has 0 aromatic heterocycles. The molecule has 0 radical (unpaired) electrons. The van der Waals surface area contributed by atoms with E-state index in [0.29, 0.717) is 0 Å². The summed E-state index contributed by atoms with van der Waals surface area (Å²) in [5.41, 5.74) is 5.25. The molecule has 0 saturated heterocycles. The molecule has 3 rings (SSSR count). The summed E-state index contributed by atoms with van der Waals surface area (Å²) in [5.74, 6) is 1.81. The van der Waals surface area contributed by atoms with Gasteiger partial charge in [0.1, 0.15) is 11.5 Å². The van der Waals surface area contributed by atoms with Crippen LogP contribution in [-0.4, -0.2) is 20.8 Å². The second kappa shape index (κ2) is 5.78. The highest BCUT2D eigenvalue weighted by Gasteiger charge is 2.23. The van der Waals surface area contributed by atoms with Gasteiger partial charge in [0.2, 0.25) is 0 Å². The lowest BCUT2D eigenvalue weighted by Gasteiger charge is -2.29. The fraction of sp³-hybridized carbons (Fsp3) is 0.333. The summed E-state index contributed by atoms with van der Waals surface area (Å²) in [5, 5.41) is 3.62. The van der Waals surface area contributed by atoms with E-state index in [1.165, 1.54) is 22.3 Å². The van der Waals surface area contributed by atoms with Gasteiger partial charge in [-0.2, -0.15) is 0 Å². The Hall–Kier alpha value is -2.00. The van der Waals surface area contributed by atoms with Crippen molar-refractivity contribution in [2.24, 2.45) is 0 Å². The van der Waals surface area contributed by atoms with E-state index in [-0.39, 0.29) is 6.04 Å². The maximum Gasteiger partial charge on any atom is 0.119 e.